The lowest BCUT2D eigenvalue weighted by molar-refractivity contribution is 0.0951. The van der Waals surface area contributed by atoms with Crippen molar-refractivity contribution in [2.45, 2.75) is 5.92 Å². The standard InChI is InChI=1S/C19H18N4O2/c1-23-9-13-8-20-19(24)15-6-11(2-4-14(15)16(13)10-23)12-3-5-17-18(7-12)22-25-21-17/h2-7,13,16H,8-10H2,1H3,(H,20,24)/t13-,16-/m0/s1. The van der Waals surface area contributed by atoms with E-state index in [0.717, 1.165) is 52.9 Å². The summed E-state index contributed by atoms with van der Waals surface area (Å²) in [4.78, 5) is 15.0. The maximum atomic E-state index is 12.6. The molecule has 6 heteroatoms. The first kappa shape index (κ1) is 14.6. The first-order valence-corrected chi connectivity index (χ1v) is 8.52. The zero-order valence-electron chi connectivity index (χ0n) is 13.9. The third kappa shape index (κ3) is 2.33. The number of benzene rings is 2. The predicted octanol–water partition coefficient (Wildman–Crippen LogP) is 2.28. The Hall–Kier alpha value is -2.73. The van der Waals surface area contributed by atoms with Crippen LogP contribution in [0.1, 0.15) is 21.8 Å². The molecule has 0 bridgehead atoms. The number of nitrogens with one attached hydrogen (secondary N) is 1. The molecule has 0 aliphatic carbocycles. The number of amides is 1. The van der Waals surface area contributed by atoms with E-state index in [1.807, 2.05) is 24.3 Å². The molecule has 1 saturated heterocycles. The molecule has 5 rings (SSSR count). The van der Waals surface area contributed by atoms with Gasteiger partial charge in [0.15, 0.2) is 0 Å². The van der Waals surface area contributed by atoms with Crippen molar-refractivity contribution in [1.29, 1.82) is 0 Å². The molecule has 0 unspecified atom stereocenters. The Balaban J connectivity index is 1.61. The quantitative estimate of drug-likeness (QED) is 0.739. The Labute approximate surface area is 144 Å². The Kier molecular flexibility index (Phi) is 3.15. The number of nitrogens with zero attached hydrogens (tertiary/aromatic N) is 3. The van der Waals surface area contributed by atoms with Crippen molar-refractivity contribution in [3.63, 3.8) is 0 Å². The topological polar surface area (TPSA) is 71.3 Å². The number of carbonyl (C=O) groups excluding carboxylic acids is 1. The van der Waals surface area contributed by atoms with E-state index in [9.17, 15) is 4.79 Å². The molecule has 2 aliphatic rings. The molecule has 0 radical (unpaired) electrons. The molecule has 2 atom stereocenters. The zero-order valence-corrected chi connectivity index (χ0v) is 13.9. The second-order valence-corrected chi connectivity index (χ2v) is 7.07. The minimum Gasteiger partial charge on any atom is -0.352 e. The Bertz CT molecular complexity index is 980. The van der Waals surface area contributed by atoms with Crippen LogP contribution in [0.5, 0.6) is 0 Å². The molecule has 0 saturated carbocycles. The normalized spacial score (nSPS) is 23.2. The van der Waals surface area contributed by atoms with Crippen LogP contribution in [0.3, 0.4) is 0 Å². The zero-order chi connectivity index (χ0) is 17.0. The van der Waals surface area contributed by atoms with Gasteiger partial charge in [0, 0.05) is 31.1 Å². The van der Waals surface area contributed by atoms with Crippen LogP contribution in [0.25, 0.3) is 22.2 Å². The van der Waals surface area contributed by atoms with Crippen LogP contribution in [0.2, 0.25) is 0 Å². The summed E-state index contributed by atoms with van der Waals surface area (Å²) in [6, 6.07) is 12.0. The molecule has 126 valence electrons. The van der Waals surface area contributed by atoms with Gasteiger partial charge < -0.3 is 10.2 Å². The summed E-state index contributed by atoms with van der Waals surface area (Å²) in [5.41, 5.74) is 5.41. The van der Waals surface area contributed by atoms with E-state index in [1.54, 1.807) is 0 Å². The van der Waals surface area contributed by atoms with Crippen LogP contribution >= 0.6 is 0 Å². The monoisotopic (exact) mass is 334 g/mol. The predicted molar refractivity (Wildman–Crippen MR) is 93.3 cm³/mol. The molecule has 3 heterocycles. The molecule has 1 amide bonds. The molecule has 25 heavy (non-hydrogen) atoms. The van der Waals surface area contributed by atoms with E-state index >= 15 is 0 Å². The van der Waals surface area contributed by atoms with Gasteiger partial charge in [0.1, 0.15) is 11.0 Å². The lowest BCUT2D eigenvalue weighted by atomic mass is 9.86. The maximum Gasteiger partial charge on any atom is 0.251 e. The highest BCUT2D eigenvalue weighted by Gasteiger charge is 2.36. The van der Waals surface area contributed by atoms with Gasteiger partial charge in [-0.15, -0.1) is 0 Å². The van der Waals surface area contributed by atoms with Crippen molar-refractivity contribution in [2.75, 3.05) is 26.7 Å². The number of hydrogen-bond donors (Lipinski definition) is 1. The molecule has 1 N–H and O–H groups in total. The van der Waals surface area contributed by atoms with Crippen molar-refractivity contribution in [3.8, 4) is 11.1 Å². The van der Waals surface area contributed by atoms with Crippen LogP contribution in [0.4, 0.5) is 0 Å². The fourth-order valence-corrected chi connectivity index (χ4v) is 4.18. The molecular formula is C19H18N4O2. The van der Waals surface area contributed by atoms with Gasteiger partial charge >= 0.3 is 0 Å². The number of fused-ring (bicyclic) bond motifs is 4. The molecule has 3 aromatic rings. The first-order chi connectivity index (χ1) is 12.2. The Morgan fingerprint density at radius 2 is 1.88 bits per heavy atom. The third-order valence-electron chi connectivity index (χ3n) is 5.43. The summed E-state index contributed by atoms with van der Waals surface area (Å²) < 4.78 is 4.77. The van der Waals surface area contributed by atoms with Crippen LogP contribution in [0, 0.1) is 5.92 Å². The summed E-state index contributed by atoms with van der Waals surface area (Å²) in [7, 11) is 2.14. The van der Waals surface area contributed by atoms with Crippen molar-refractivity contribution in [2.24, 2.45) is 5.92 Å². The van der Waals surface area contributed by atoms with E-state index in [2.05, 4.69) is 39.7 Å². The number of hydrogen-bond acceptors (Lipinski definition) is 5. The average molecular weight is 334 g/mol. The van der Waals surface area contributed by atoms with Gasteiger partial charge in [-0.25, -0.2) is 4.63 Å². The van der Waals surface area contributed by atoms with Crippen LogP contribution in [-0.4, -0.2) is 47.8 Å². The minimum absolute atomic E-state index is 0.0260. The van der Waals surface area contributed by atoms with E-state index in [-0.39, 0.29) is 5.91 Å². The lowest BCUT2D eigenvalue weighted by Crippen LogP contribution is -2.29. The number of rotatable bonds is 1. The molecule has 6 nitrogen and oxygen atoms in total. The van der Waals surface area contributed by atoms with Gasteiger partial charge in [-0.05, 0) is 58.2 Å². The van der Waals surface area contributed by atoms with Crippen molar-refractivity contribution in [1.82, 2.24) is 20.5 Å². The molecule has 2 aromatic carbocycles. The van der Waals surface area contributed by atoms with Crippen LogP contribution < -0.4 is 5.32 Å². The Morgan fingerprint density at radius 3 is 2.80 bits per heavy atom. The lowest BCUT2D eigenvalue weighted by Gasteiger charge is -2.17. The molecule has 0 spiro atoms. The molecular weight excluding hydrogens is 316 g/mol. The van der Waals surface area contributed by atoms with E-state index < -0.39 is 0 Å². The van der Waals surface area contributed by atoms with E-state index in [4.69, 9.17) is 4.63 Å². The maximum absolute atomic E-state index is 12.6. The van der Waals surface area contributed by atoms with Gasteiger partial charge in [0.25, 0.3) is 5.91 Å². The molecule has 1 aromatic heterocycles. The smallest absolute Gasteiger partial charge is 0.251 e. The highest BCUT2D eigenvalue weighted by Crippen LogP contribution is 2.37. The average Bonchev–Trinajstić information content (AvgIpc) is 3.21. The highest BCUT2D eigenvalue weighted by atomic mass is 16.6. The summed E-state index contributed by atoms with van der Waals surface area (Å²) in [5, 5.41) is 10.8. The molecule has 2 aliphatic heterocycles. The van der Waals surface area contributed by atoms with Gasteiger partial charge in [0.05, 0.1) is 0 Å². The van der Waals surface area contributed by atoms with E-state index in [0.29, 0.717) is 11.8 Å². The van der Waals surface area contributed by atoms with Crippen molar-refractivity contribution >= 4 is 16.9 Å². The Morgan fingerprint density at radius 1 is 1.08 bits per heavy atom. The SMILES string of the molecule is CN1C[C@@H]2CNC(=O)c3cc(-c4ccc5nonc5c4)ccc3[C@H]2C1. The van der Waals surface area contributed by atoms with Crippen LogP contribution in [0.15, 0.2) is 41.0 Å². The summed E-state index contributed by atoms with van der Waals surface area (Å²) in [6.07, 6.45) is 0. The fraction of sp³-hybridized carbons (Fsp3) is 0.316. The number of likely N-dealkylation sites (tertiary alicyclic amines) is 1. The minimum atomic E-state index is 0.0260. The second kappa shape index (κ2) is 5.39. The van der Waals surface area contributed by atoms with Crippen LogP contribution in [-0.2, 0) is 0 Å². The number of likely N-dealkylation sites (N-methyl/N-ethyl adjacent to an activating group) is 1. The second-order valence-electron chi connectivity index (χ2n) is 7.07. The van der Waals surface area contributed by atoms with Gasteiger partial charge in [-0.3, -0.25) is 4.79 Å². The summed E-state index contributed by atoms with van der Waals surface area (Å²) in [6.45, 7) is 2.78. The van der Waals surface area contributed by atoms with Gasteiger partial charge in [0.2, 0.25) is 0 Å². The molecule has 1 fully saturated rings. The van der Waals surface area contributed by atoms with E-state index in [1.165, 1.54) is 0 Å². The van der Waals surface area contributed by atoms with Crippen molar-refractivity contribution in [3.05, 3.63) is 47.5 Å². The number of aromatic nitrogens is 2. The third-order valence-corrected chi connectivity index (χ3v) is 5.43. The summed E-state index contributed by atoms with van der Waals surface area (Å²) >= 11 is 0. The largest absolute Gasteiger partial charge is 0.352 e. The first-order valence-electron chi connectivity index (χ1n) is 8.52. The summed E-state index contributed by atoms with van der Waals surface area (Å²) in [5.74, 6) is 0.923. The van der Waals surface area contributed by atoms with Gasteiger partial charge in [-0.2, -0.15) is 0 Å². The highest BCUT2D eigenvalue weighted by molar-refractivity contribution is 5.98. The van der Waals surface area contributed by atoms with Crippen molar-refractivity contribution < 1.29 is 9.42 Å². The van der Waals surface area contributed by atoms with Gasteiger partial charge in [-0.1, -0.05) is 18.2 Å². The fourth-order valence-electron chi connectivity index (χ4n) is 4.18. The number of carbonyl (C=O) groups is 1.